The quantitative estimate of drug-likeness (QED) is 0.937. The third-order valence-corrected chi connectivity index (χ3v) is 4.91. The van der Waals surface area contributed by atoms with E-state index < -0.39 is 0 Å². The van der Waals surface area contributed by atoms with Crippen LogP contribution >= 0.6 is 0 Å². The monoisotopic (exact) mass is 326 g/mol. The molecule has 6 nitrogen and oxygen atoms in total. The largest absolute Gasteiger partial charge is 0.339 e. The number of nitrogens with zero attached hydrogens (tertiary/aromatic N) is 3. The predicted molar refractivity (Wildman–Crippen MR) is 89.4 cm³/mol. The van der Waals surface area contributed by atoms with Crippen LogP contribution in [0.3, 0.4) is 0 Å². The smallest absolute Gasteiger partial charge is 0.254 e. The SMILES string of the molecule is C[C@H]1C[C@@H](N)CCN1C(=O)c1cccc(-c2noc(C3CC3)n2)c1. The topological polar surface area (TPSA) is 85.2 Å². The van der Waals surface area contributed by atoms with Crippen molar-refractivity contribution in [3.8, 4) is 11.4 Å². The van der Waals surface area contributed by atoms with Crippen LogP contribution in [-0.2, 0) is 0 Å². The molecule has 2 fully saturated rings. The number of nitrogens with two attached hydrogens (primary N) is 1. The van der Waals surface area contributed by atoms with Gasteiger partial charge < -0.3 is 15.2 Å². The zero-order valence-electron chi connectivity index (χ0n) is 13.8. The van der Waals surface area contributed by atoms with Gasteiger partial charge in [0.25, 0.3) is 5.91 Å². The number of hydrogen-bond acceptors (Lipinski definition) is 5. The molecule has 0 spiro atoms. The normalized spacial score (nSPS) is 24.2. The van der Waals surface area contributed by atoms with Crippen LogP contribution in [0.5, 0.6) is 0 Å². The van der Waals surface area contributed by atoms with Crippen molar-refractivity contribution in [3.05, 3.63) is 35.7 Å². The van der Waals surface area contributed by atoms with Gasteiger partial charge in [0, 0.05) is 35.7 Å². The molecule has 0 unspecified atom stereocenters. The van der Waals surface area contributed by atoms with Crippen molar-refractivity contribution < 1.29 is 9.32 Å². The number of carbonyl (C=O) groups excluding carboxylic acids is 1. The molecule has 2 atom stereocenters. The average Bonchev–Trinajstić information content (AvgIpc) is 3.31. The molecule has 2 heterocycles. The van der Waals surface area contributed by atoms with Gasteiger partial charge in [-0.2, -0.15) is 4.98 Å². The number of rotatable bonds is 3. The predicted octanol–water partition coefficient (Wildman–Crippen LogP) is 2.57. The third-order valence-electron chi connectivity index (χ3n) is 4.91. The maximum Gasteiger partial charge on any atom is 0.254 e. The van der Waals surface area contributed by atoms with E-state index in [1.54, 1.807) is 0 Å². The minimum atomic E-state index is 0.0437. The zero-order valence-corrected chi connectivity index (χ0v) is 13.8. The number of likely N-dealkylation sites (tertiary alicyclic amines) is 1. The fourth-order valence-electron chi connectivity index (χ4n) is 3.32. The molecule has 0 bridgehead atoms. The van der Waals surface area contributed by atoms with E-state index >= 15 is 0 Å². The lowest BCUT2D eigenvalue weighted by Crippen LogP contribution is -2.48. The van der Waals surface area contributed by atoms with Gasteiger partial charge in [-0.1, -0.05) is 17.3 Å². The third kappa shape index (κ3) is 2.94. The van der Waals surface area contributed by atoms with Crippen LogP contribution in [0.15, 0.2) is 28.8 Å². The lowest BCUT2D eigenvalue weighted by molar-refractivity contribution is 0.0619. The van der Waals surface area contributed by atoms with Gasteiger partial charge in [-0.25, -0.2) is 0 Å². The van der Waals surface area contributed by atoms with Gasteiger partial charge in [-0.15, -0.1) is 0 Å². The van der Waals surface area contributed by atoms with E-state index in [1.807, 2.05) is 29.2 Å². The van der Waals surface area contributed by atoms with Crippen LogP contribution in [0.2, 0.25) is 0 Å². The summed E-state index contributed by atoms with van der Waals surface area (Å²) in [6.07, 6.45) is 3.94. The Bertz CT molecular complexity index is 753. The Kier molecular flexibility index (Phi) is 3.84. The molecule has 1 amide bonds. The van der Waals surface area contributed by atoms with Crippen LogP contribution in [0, 0.1) is 0 Å². The highest BCUT2D eigenvalue weighted by atomic mass is 16.5. The van der Waals surface area contributed by atoms with E-state index in [4.69, 9.17) is 10.3 Å². The van der Waals surface area contributed by atoms with Gasteiger partial charge in [-0.3, -0.25) is 4.79 Å². The molecular formula is C18H22N4O2. The Hall–Kier alpha value is -2.21. The van der Waals surface area contributed by atoms with Gasteiger partial charge in [0.1, 0.15) is 0 Å². The lowest BCUT2D eigenvalue weighted by atomic mass is 9.98. The maximum absolute atomic E-state index is 12.8. The highest BCUT2D eigenvalue weighted by Crippen LogP contribution is 2.39. The second kappa shape index (κ2) is 6.02. The highest BCUT2D eigenvalue weighted by molar-refractivity contribution is 5.95. The van der Waals surface area contributed by atoms with Crippen LogP contribution in [0.1, 0.15) is 54.8 Å². The Morgan fingerprint density at radius 3 is 2.92 bits per heavy atom. The number of aromatic nitrogens is 2. The van der Waals surface area contributed by atoms with Gasteiger partial charge in [-0.05, 0) is 44.7 Å². The standard InChI is InChI=1S/C18H22N4O2/c1-11-9-15(19)7-8-22(11)18(23)14-4-2-3-13(10-14)16-20-17(24-21-16)12-5-6-12/h2-4,10-12,15H,5-9,19H2,1H3/t11-,15-/m0/s1. The molecule has 1 aliphatic heterocycles. The summed E-state index contributed by atoms with van der Waals surface area (Å²) < 4.78 is 5.32. The van der Waals surface area contributed by atoms with Gasteiger partial charge >= 0.3 is 0 Å². The minimum absolute atomic E-state index is 0.0437. The Morgan fingerprint density at radius 2 is 2.17 bits per heavy atom. The molecule has 2 N–H and O–H groups in total. The molecule has 0 radical (unpaired) electrons. The Morgan fingerprint density at radius 1 is 1.33 bits per heavy atom. The van der Waals surface area contributed by atoms with Crippen molar-refractivity contribution >= 4 is 5.91 Å². The second-order valence-electron chi connectivity index (χ2n) is 6.94. The van der Waals surface area contributed by atoms with Crippen LogP contribution in [0.4, 0.5) is 0 Å². The first-order valence-electron chi connectivity index (χ1n) is 8.62. The van der Waals surface area contributed by atoms with E-state index in [0.717, 1.165) is 31.2 Å². The molecule has 4 rings (SSSR count). The summed E-state index contributed by atoms with van der Waals surface area (Å²) in [5, 5.41) is 4.06. The molecule has 1 aromatic heterocycles. The van der Waals surface area contributed by atoms with Crippen molar-refractivity contribution in [1.29, 1.82) is 0 Å². The fraction of sp³-hybridized carbons (Fsp3) is 0.500. The van der Waals surface area contributed by atoms with E-state index in [0.29, 0.717) is 29.7 Å². The summed E-state index contributed by atoms with van der Waals surface area (Å²) in [5.74, 6) is 1.73. The van der Waals surface area contributed by atoms with Crippen molar-refractivity contribution in [2.45, 2.75) is 50.6 Å². The van der Waals surface area contributed by atoms with Crippen LogP contribution < -0.4 is 5.73 Å². The van der Waals surface area contributed by atoms with E-state index in [2.05, 4.69) is 17.1 Å². The fourth-order valence-corrected chi connectivity index (χ4v) is 3.32. The molecule has 1 aromatic carbocycles. The molecule has 2 aromatic rings. The molecule has 2 aliphatic rings. The van der Waals surface area contributed by atoms with E-state index in [1.165, 1.54) is 0 Å². The summed E-state index contributed by atoms with van der Waals surface area (Å²) in [6, 6.07) is 7.83. The maximum atomic E-state index is 12.8. The van der Waals surface area contributed by atoms with Gasteiger partial charge in [0.15, 0.2) is 0 Å². The Labute approximate surface area is 141 Å². The van der Waals surface area contributed by atoms with Crippen LogP contribution in [-0.4, -0.2) is 39.6 Å². The first kappa shape index (κ1) is 15.3. The summed E-state index contributed by atoms with van der Waals surface area (Å²) in [5.41, 5.74) is 7.47. The first-order chi connectivity index (χ1) is 11.6. The molecule has 6 heteroatoms. The molecular weight excluding hydrogens is 304 g/mol. The summed E-state index contributed by atoms with van der Waals surface area (Å²) in [4.78, 5) is 19.2. The van der Waals surface area contributed by atoms with Crippen molar-refractivity contribution in [3.63, 3.8) is 0 Å². The van der Waals surface area contributed by atoms with Crippen molar-refractivity contribution in [1.82, 2.24) is 15.0 Å². The van der Waals surface area contributed by atoms with Crippen LogP contribution in [0.25, 0.3) is 11.4 Å². The number of benzene rings is 1. The highest BCUT2D eigenvalue weighted by Gasteiger charge is 2.30. The second-order valence-corrected chi connectivity index (χ2v) is 6.94. The van der Waals surface area contributed by atoms with E-state index in [-0.39, 0.29) is 18.0 Å². The number of carbonyl (C=O) groups is 1. The molecule has 24 heavy (non-hydrogen) atoms. The van der Waals surface area contributed by atoms with Crippen molar-refractivity contribution in [2.75, 3.05) is 6.54 Å². The Balaban J connectivity index is 1.56. The molecule has 1 saturated carbocycles. The lowest BCUT2D eigenvalue weighted by Gasteiger charge is -2.36. The summed E-state index contributed by atoms with van der Waals surface area (Å²) in [6.45, 7) is 2.77. The van der Waals surface area contributed by atoms with Gasteiger partial charge in [0.05, 0.1) is 0 Å². The average molecular weight is 326 g/mol. The molecule has 126 valence electrons. The molecule has 1 aliphatic carbocycles. The van der Waals surface area contributed by atoms with Gasteiger partial charge in [0.2, 0.25) is 11.7 Å². The summed E-state index contributed by atoms with van der Waals surface area (Å²) >= 11 is 0. The summed E-state index contributed by atoms with van der Waals surface area (Å²) in [7, 11) is 0. The van der Waals surface area contributed by atoms with Crippen molar-refractivity contribution in [2.24, 2.45) is 5.73 Å². The number of hydrogen-bond donors (Lipinski definition) is 1. The molecule has 1 saturated heterocycles. The first-order valence-corrected chi connectivity index (χ1v) is 8.62. The van der Waals surface area contributed by atoms with E-state index in [9.17, 15) is 4.79 Å². The zero-order chi connectivity index (χ0) is 16.7. The minimum Gasteiger partial charge on any atom is -0.339 e. The number of amides is 1. The number of piperidine rings is 1.